The summed E-state index contributed by atoms with van der Waals surface area (Å²) in [5.74, 6) is 0.129. The molecule has 4 nitrogen and oxygen atoms in total. The predicted molar refractivity (Wildman–Crippen MR) is 61.7 cm³/mol. The molecule has 0 aliphatic carbocycles. The van der Waals surface area contributed by atoms with Crippen molar-refractivity contribution in [3.8, 4) is 0 Å². The van der Waals surface area contributed by atoms with Crippen LogP contribution in [0.3, 0.4) is 0 Å². The summed E-state index contributed by atoms with van der Waals surface area (Å²) in [6.07, 6.45) is 1.44. The largest absolute Gasteiger partial charge is 0.396 e. The summed E-state index contributed by atoms with van der Waals surface area (Å²) < 4.78 is 0. The van der Waals surface area contributed by atoms with Crippen LogP contribution in [0.4, 0.5) is 0 Å². The van der Waals surface area contributed by atoms with Gasteiger partial charge in [0.15, 0.2) is 0 Å². The second-order valence-electron chi connectivity index (χ2n) is 4.54. The Labute approximate surface area is 92.7 Å². The quantitative estimate of drug-likeness (QED) is 0.608. The number of rotatable bonds is 7. The van der Waals surface area contributed by atoms with Gasteiger partial charge in [-0.1, -0.05) is 13.8 Å². The Morgan fingerprint density at radius 1 is 1.47 bits per heavy atom. The fourth-order valence-corrected chi connectivity index (χ4v) is 1.10. The van der Waals surface area contributed by atoms with Crippen molar-refractivity contribution in [2.24, 2.45) is 5.41 Å². The van der Waals surface area contributed by atoms with Gasteiger partial charge in [-0.3, -0.25) is 4.79 Å². The third-order valence-corrected chi connectivity index (χ3v) is 2.80. The lowest BCUT2D eigenvalue weighted by Crippen LogP contribution is -2.36. The number of carbonyl (C=O) groups is 1. The molecule has 0 spiro atoms. The summed E-state index contributed by atoms with van der Waals surface area (Å²) in [7, 11) is 3.51. The minimum atomic E-state index is -0.0683. The maximum absolute atomic E-state index is 11.2. The second kappa shape index (κ2) is 6.80. The van der Waals surface area contributed by atoms with E-state index in [0.717, 1.165) is 13.0 Å². The van der Waals surface area contributed by atoms with Crippen LogP contribution in [0, 0.1) is 5.41 Å². The maximum atomic E-state index is 11.2. The zero-order chi connectivity index (χ0) is 11.9. The molecule has 0 aliphatic heterocycles. The van der Waals surface area contributed by atoms with Gasteiger partial charge in [0.25, 0.3) is 0 Å². The molecule has 2 N–H and O–H groups in total. The molecule has 0 aromatic heterocycles. The van der Waals surface area contributed by atoms with E-state index in [9.17, 15) is 4.79 Å². The van der Waals surface area contributed by atoms with Gasteiger partial charge in [0, 0.05) is 45.6 Å². The highest BCUT2D eigenvalue weighted by Crippen LogP contribution is 2.18. The summed E-state index contributed by atoms with van der Waals surface area (Å²) in [6.45, 7) is 5.70. The van der Waals surface area contributed by atoms with Crippen molar-refractivity contribution in [2.45, 2.75) is 26.7 Å². The number of amides is 1. The van der Waals surface area contributed by atoms with Crippen LogP contribution in [0.25, 0.3) is 0 Å². The van der Waals surface area contributed by atoms with Gasteiger partial charge in [-0.2, -0.15) is 0 Å². The second-order valence-corrected chi connectivity index (χ2v) is 4.54. The van der Waals surface area contributed by atoms with Gasteiger partial charge in [0.2, 0.25) is 5.91 Å². The number of hydrogen-bond acceptors (Lipinski definition) is 3. The first-order valence-electron chi connectivity index (χ1n) is 5.47. The number of nitrogens with zero attached hydrogens (tertiary/aromatic N) is 1. The summed E-state index contributed by atoms with van der Waals surface area (Å²) >= 11 is 0. The molecule has 0 radical (unpaired) electrons. The molecular weight excluding hydrogens is 192 g/mol. The monoisotopic (exact) mass is 216 g/mol. The fourth-order valence-electron chi connectivity index (χ4n) is 1.10. The van der Waals surface area contributed by atoms with Crippen molar-refractivity contribution < 1.29 is 9.90 Å². The van der Waals surface area contributed by atoms with E-state index in [-0.39, 0.29) is 17.9 Å². The topological polar surface area (TPSA) is 52.6 Å². The lowest BCUT2D eigenvalue weighted by Gasteiger charge is -2.25. The van der Waals surface area contributed by atoms with Gasteiger partial charge in [-0.05, 0) is 6.42 Å². The van der Waals surface area contributed by atoms with Gasteiger partial charge < -0.3 is 15.3 Å². The lowest BCUT2D eigenvalue weighted by molar-refractivity contribution is -0.128. The first-order chi connectivity index (χ1) is 6.95. The Hall–Kier alpha value is -0.610. The average molecular weight is 216 g/mol. The molecule has 0 rings (SSSR count). The van der Waals surface area contributed by atoms with Crippen molar-refractivity contribution in [3.05, 3.63) is 0 Å². The van der Waals surface area contributed by atoms with Crippen molar-refractivity contribution in [1.29, 1.82) is 0 Å². The van der Waals surface area contributed by atoms with E-state index >= 15 is 0 Å². The first kappa shape index (κ1) is 14.4. The van der Waals surface area contributed by atoms with Crippen LogP contribution in [-0.4, -0.2) is 49.7 Å². The third kappa shape index (κ3) is 5.74. The molecule has 0 heterocycles. The Morgan fingerprint density at radius 3 is 2.47 bits per heavy atom. The number of hydrogen-bond donors (Lipinski definition) is 2. The molecule has 0 saturated heterocycles. The van der Waals surface area contributed by atoms with E-state index in [1.54, 1.807) is 19.0 Å². The van der Waals surface area contributed by atoms with Crippen LogP contribution in [0.15, 0.2) is 0 Å². The van der Waals surface area contributed by atoms with E-state index in [4.69, 9.17) is 5.11 Å². The third-order valence-electron chi connectivity index (χ3n) is 2.80. The molecule has 0 saturated carbocycles. The summed E-state index contributed by atoms with van der Waals surface area (Å²) in [6, 6.07) is 0. The highest BCUT2D eigenvalue weighted by molar-refractivity contribution is 5.75. The van der Waals surface area contributed by atoms with E-state index in [1.165, 1.54) is 0 Å². The van der Waals surface area contributed by atoms with Gasteiger partial charge in [0.05, 0.1) is 0 Å². The Balaban J connectivity index is 3.66. The molecule has 15 heavy (non-hydrogen) atoms. The molecule has 1 unspecified atom stereocenters. The van der Waals surface area contributed by atoms with Crippen LogP contribution < -0.4 is 5.32 Å². The van der Waals surface area contributed by atoms with E-state index in [2.05, 4.69) is 12.2 Å². The molecule has 0 fully saturated rings. The van der Waals surface area contributed by atoms with Crippen LogP contribution in [0.2, 0.25) is 0 Å². The zero-order valence-corrected chi connectivity index (χ0v) is 10.3. The molecule has 90 valence electrons. The smallest absolute Gasteiger partial charge is 0.223 e. The Bertz CT molecular complexity index is 189. The van der Waals surface area contributed by atoms with E-state index in [0.29, 0.717) is 13.0 Å². The van der Waals surface area contributed by atoms with Crippen LogP contribution in [-0.2, 0) is 4.79 Å². The van der Waals surface area contributed by atoms with Crippen molar-refractivity contribution >= 4 is 5.91 Å². The number of aliphatic hydroxyl groups is 1. The van der Waals surface area contributed by atoms with Gasteiger partial charge in [-0.25, -0.2) is 0 Å². The molecule has 0 aromatic carbocycles. The molecule has 1 amide bonds. The molecule has 1 atom stereocenters. The minimum absolute atomic E-state index is 0.0683. The highest BCUT2D eigenvalue weighted by Gasteiger charge is 2.20. The maximum Gasteiger partial charge on any atom is 0.223 e. The molecule has 4 heteroatoms. The van der Waals surface area contributed by atoms with Crippen molar-refractivity contribution in [3.63, 3.8) is 0 Å². The molecule has 0 bridgehead atoms. The number of aliphatic hydroxyl groups excluding tert-OH is 1. The first-order valence-corrected chi connectivity index (χ1v) is 5.47. The standard InChI is InChI=1S/C11H24N2O2/c1-5-11(2,9-14)8-12-7-6-10(15)13(3)4/h12,14H,5-9H2,1-4H3. The van der Waals surface area contributed by atoms with E-state index < -0.39 is 0 Å². The fraction of sp³-hybridized carbons (Fsp3) is 0.909. The predicted octanol–water partition coefficient (Wildman–Crippen LogP) is 0.463. The Kier molecular flexibility index (Phi) is 6.52. The van der Waals surface area contributed by atoms with Crippen molar-refractivity contribution in [1.82, 2.24) is 10.2 Å². The van der Waals surface area contributed by atoms with E-state index in [1.807, 2.05) is 6.92 Å². The molecular formula is C11H24N2O2. The van der Waals surface area contributed by atoms with Gasteiger partial charge in [0.1, 0.15) is 0 Å². The minimum Gasteiger partial charge on any atom is -0.396 e. The average Bonchev–Trinajstić information content (AvgIpc) is 2.23. The van der Waals surface area contributed by atoms with Crippen LogP contribution in [0.1, 0.15) is 26.7 Å². The molecule has 0 aliphatic rings. The van der Waals surface area contributed by atoms with Gasteiger partial charge in [-0.15, -0.1) is 0 Å². The normalized spacial score (nSPS) is 14.7. The number of nitrogens with one attached hydrogen (secondary N) is 1. The van der Waals surface area contributed by atoms with Crippen LogP contribution in [0.5, 0.6) is 0 Å². The SMILES string of the molecule is CCC(C)(CO)CNCCC(=O)N(C)C. The lowest BCUT2D eigenvalue weighted by atomic mass is 9.89. The van der Waals surface area contributed by atoms with Crippen molar-refractivity contribution in [2.75, 3.05) is 33.8 Å². The Morgan fingerprint density at radius 2 is 2.07 bits per heavy atom. The van der Waals surface area contributed by atoms with Gasteiger partial charge >= 0.3 is 0 Å². The summed E-state index contributed by atoms with van der Waals surface area (Å²) in [4.78, 5) is 12.8. The summed E-state index contributed by atoms with van der Waals surface area (Å²) in [5, 5.41) is 12.4. The van der Waals surface area contributed by atoms with Crippen LogP contribution >= 0.6 is 0 Å². The summed E-state index contributed by atoms with van der Waals surface area (Å²) in [5.41, 5.74) is -0.0683. The number of carbonyl (C=O) groups excluding carboxylic acids is 1. The highest BCUT2D eigenvalue weighted by atomic mass is 16.3. The molecule has 0 aromatic rings. The zero-order valence-electron chi connectivity index (χ0n) is 10.3.